The lowest BCUT2D eigenvalue weighted by Gasteiger charge is -2.14. The number of imidazole rings is 1. The lowest BCUT2D eigenvalue weighted by Crippen LogP contribution is -2.06. The molecule has 1 aromatic heterocycles. The summed E-state index contributed by atoms with van der Waals surface area (Å²) in [5.41, 5.74) is 4.17. The van der Waals surface area contributed by atoms with E-state index < -0.39 is 0 Å². The van der Waals surface area contributed by atoms with Crippen molar-refractivity contribution in [2.45, 2.75) is 26.9 Å². The summed E-state index contributed by atoms with van der Waals surface area (Å²) in [7, 11) is 0. The fourth-order valence-electron chi connectivity index (χ4n) is 2.37. The normalized spacial score (nSPS) is 12.6. The Bertz CT molecular complexity index is 795. The summed E-state index contributed by atoms with van der Waals surface area (Å²) in [6.07, 6.45) is -0.155. The molecular weight excluding hydrogens is 284 g/mol. The minimum Gasteiger partial charge on any atom is -0.483 e. The van der Waals surface area contributed by atoms with Gasteiger partial charge in [-0.15, -0.1) is 0 Å². The highest BCUT2D eigenvalue weighted by Gasteiger charge is 2.13. The zero-order chi connectivity index (χ0) is 15.0. The molecule has 0 bridgehead atoms. The number of nitrogens with one attached hydrogen (secondary N) is 1. The van der Waals surface area contributed by atoms with Crippen molar-refractivity contribution in [2.75, 3.05) is 0 Å². The third-order valence-electron chi connectivity index (χ3n) is 3.48. The third kappa shape index (κ3) is 2.88. The number of nitrogens with zero attached hydrogens (tertiary/aromatic N) is 1. The van der Waals surface area contributed by atoms with Gasteiger partial charge in [-0.05, 0) is 50.6 Å². The highest BCUT2D eigenvalue weighted by Crippen LogP contribution is 2.26. The van der Waals surface area contributed by atoms with Crippen LogP contribution in [-0.4, -0.2) is 9.97 Å². The monoisotopic (exact) mass is 300 g/mol. The Kier molecular flexibility index (Phi) is 3.60. The number of aryl methyl sites for hydroxylation is 2. The topological polar surface area (TPSA) is 37.9 Å². The lowest BCUT2D eigenvalue weighted by molar-refractivity contribution is 0.216. The first-order valence-corrected chi connectivity index (χ1v) is 7.30. The minimum atomic E-state index is -0.155. The Balaban J connectivity index is 1.87. The van der Waals surface area contributed by atoms with Crippen LogP contribution in [0.5, 0.6) is 5.75 Å². The maximum Gasteiger partial charge on any atom is 0.153 e. The molecule has 0 radical (unpaired) electrons. The van der Waals surface area contributed by atoms with Crippen LogP contribution in [0.25, 0.3) is 11.0 Å². The van der Waals surface area contributed by atoms with E-state index in [1.807, 2.05) is 44.2 Å². The third-order valence-corrected chi connectivity index (χ3v) is 3.72. The van der Waals surface area contributed by atoms with Gasteiger partial charge in [0.25, 0.3) is 0 Å². The van der Waals surface area contributed by atoms with E-state index in [0.29, 0.717) is 5.02 Å². The largest absolute Gasteiger partial charge is 0.483 e. The molecule has 0 saturated carbocycles. The van der Waals surface area contributed by atoms with E-state index in [2.05, 4.69) is 23.0 Å². The summed E-state index contributed by atoms with van der Waals surface area (Å²) in [6.45, 7) is 6.11. The summed E-state index contributed by atoms with van der Waals surface area (Å²) in [4.78, 5) is 7.82. The molecule has 1 atom stereocenters. The molecule has 3 nitrogen and oxygen atoms in total. The quantitative estimate of drug-likeness (QED) is 0.741. The zero-order valence-electron chi connectivity index (χ0n) is 12.3. The van der Waals surface area contributed by atoms with Crippen LogP contribution >= 0.6 is 11.6 Å². The molecule has 0 aliphatic carbocycles. The highest BCUT2D eigenvalue weighted by molar-refractivity contribution is 6.31. The summed E-state index contributed by atoms with van der Waals surface area (Å²) in [6, 6.07) is 11.8. The van der Waals surface area contributed by atoms with E-state index in [1.54, 1.807) is 0 Å². The van der Waals surface area contributed by atoms with E-state index >= 15 is 0 Å². The van der Waals surface area contributed by atoms with Gasteiger partial charge < -0.3 is 9.72 Å². The molecule has 21 heavy (non-hydrogen) atoms. The van der Waals surface area contributed by atoms with Crippen LogP contribution in [0.2, 0.25) is 5.02 Å². The molecule has 4 heteroatoms. The molecule has 0 saturated heterocycles. The number of fused-ring (bicyclic) bond motifs is 1. The Labute approximate surface area is 128 Å². The molecule has 0 aliphatic heterocycles. The van der Waals surface area contributed by atoms with Gasteiger partial charge in [0, 0.05) is 5.02 Å². The molecule has 3 rings (SSSR count). The van der Waals surface area contributed by atoms with Crippen molar-refractivity contribution in [2.24, 2.45) is 0 Å². The predicted molar refractivity (Wildman–Crippen MR) is 86.1 cm³/mol. The molecule has 0 spiro atoms. The van der Waals surface area contributed by atoms with Gasteiger partial charge >= 0.3 is 0 Å². The first-order valence-electron chi connectivity index (χ1n) is 6.92. The first-order chi connectivity index (χ1) is 10.0. The summed E-state index contributed by atoms with van der Waals surface area (Å²) < 4.78 is 6.02. The fourth-order valence-corrected chi connectivity index (χ4v) is 2.54. The molecular formula is C17H17ClN2O. The number of aromatic amines is 1. The van der Waals surface area contributed by atoms with Crippen LogP contribution in [0, 0.1) is 13.8 Å². The maximum absolute atomic E-state index is 6.02. The van der Waals surface area contributed by atoms with Crippen molar-refractivity contribution >= 4 is 22.6 Å². The molecule has 3 aromatic rings. The van der Waals surface area contributed by atoms with Crippen LogP contribution in [-0.2, 0) is 0 Å². The average molecular weight is 301 g/mol. The first kappa shape index (κ1) is 14.0. The Morgan fingerprint density at radius 2 is 1.95 bits per heavy atom. The van der Waals surface area contributed by atoms with E-state index in [-0.39, 0.29) is 6.10 Å². The zero-order valence-corrected chi connectivity index (χ0v) is 13.0. The van der Waals surface area contributed by atoms with Crippen molar-refractivity contribution in [3.63, 3.8) is 0 Å². The number of ether oxygens (including phenoxy) is 1. The second-order valence-corrected chi connectivity index (χ2v) is 5.75. The standard InChI is InChI=1S/C17H17ClN2O/c1-10-4-7-16(11(2)8-10)21-12(3)17-19-14-6-5-13(18)9-15(14)20-17/h4-9,12H,1-3H3,(H,19,20)/t12-/m0/s1. The van der Waals surface area contributed by atoms with E-state index in [4.69, 9.17) is 16.3 Å². The van der Waals surface area contributed by atoms with Gasteiger partial charge in [0.2, 0.25) is 0 Å². The fraction of sp³-hybridized carbons (Fsp3) is 0.235. The van der Waals surface area contributed by atoms with Crippen molar-refractivity contribution < 1.29 is 4.74 Å². The van der Waals surface area contributed by atoms with Gasteiger partial charge in [0.05, 0.1) is 11.0 Å². The smallest absolute Gasteiger partial charge is 0.153 e. The molecule has 0 fully saturated rings. The van der Waals surface area contributed by atoms with Gasteiger partial charge in [-0.25, -0.2) is 4.98 Å². The van der Waals surface area contributed by atoms with Crippen molar-refractivity contribution in [1.82, 2.24) is 9.97 Å². The number of hydrogen-bond acceptors (Lipinski definition) is 2. The van der Waals surface area contributed by atoms with Gasteiger partial charge in [-0.3, -0.25) is 0 Å². The Morgan fingerprint density at radius 1 is 1.14 bits per heavy atom. The molecule has 0 unspecified atom stereocenters. The molecule has 0 aliphatic rings. The molecule has 0 amide bonds. The summed E-state index contributed by atoms with van der Waals surface area (Å²) >= 11 is 5.99. The number of H-pyrrole nitrogens is 1. The minimum absolute atomic E-state index is 0.155. The highest BCUT2D eigenvalue weighted by atomic mass is 35.5. The van der Waals surface area contributed by atoms with Gasteiger partial charge in [-0.2, -0.15) is 0 Å². The van der Waals surface area contributed by atoms with Crippen LogP contribution in [0.3, 0.4) is 0 Å². The van der Waals surface area contributed by atoms with E-state index in [9.17, 15) is 0 Å². The number of halogens is 1. The Hall–Kier alpha value is -2.00. The molecule has 1 heterocycles. The van der Waals surface area contributed by atoms with Crippen molar-refractivity contribution in [3.8, 4) is 5.75 Å². The van der Waals surface area contributed by atoms with Crippen LogP contribution in [0.15, 0.2) is 36.4 Å². The van der Waals surface area contributed by atoms with Gasteiger partial charge in [0.15, 0.2) is 6.10 Å². The lowest BCUT2D eigenvalue weighted by atomic mass is 10.1. The predicted octanol–water partition coefficient (Wildman–Crippen LogP) is 4.97. The number of rotatable bonds is 3. The summed E-state index contributed by atoms with van der Waals surface area (Å²) in [5.74, 6) is 1.68. The average Bonchev–Trinajstić information content (AvgIpc) is 2.85. The number of benzene rings is 2. The maximum atomic E-state index is 6.02. The molecule has 2 aromatic carbocycles. The van der Waals surface area contributed by atoms with Crippen LogP contribution < -0.4 is 4.74 Å². The molecule has 108 valence electrons. The van der Waals surface area contributed by atoms with E-state index in [0.717, 1.165) is 28.2 Å². The Morgan fingerprint density at radius 3 is 2.71 bits per heavy atom. The van der Waals surface area contributed by atoms with Crippen LogP contribution in [0.1, 0.15) is 30.0 Å². The van der Waals surface area contributed by atoms with Gasteiger partial charge in [0.1, 0.15) is 11.6 Å². The number of aromatic nitrogens is 2. The van der Waals surface area contributed by atoms with E-state index in [1.165, 1.54) is 5.56 Å². The second-order valence-electron chi connectivity index (χ2n) is 5.31. The van der Waals surface area contributed by atoms with Crippen molar-refractivity contribution in [3.05, 3.63) is 58.4 Å². The molecule has 1 N–H and O–H groups in total. The van der Waals surface area contributed by atoms with Crippen LogP contribution in [0.4, 0.5) is 0 Å². The SMILES string of the molecule is Cc1ccc(O[C@@H](C)c2nc3ccc(Cl)cc3[nH]2)c(C)c1. The van der Waals surface area contributed by atoms with Crippen molar-refractivity contribution in [1.29, 1.82) is 0 Å². The second kappa shape index (κ2) is 5.41. The number of hydrogen-bond donors (Lipinski definition) is 1. The summed E-state index contributed by atoms with van der Waals surface area (Å²) in [5, 5.41) is 0.695. The van der Waals surface area contributed by atoms with Gasteiger partial charge in [-0.1, -0.05) is 29.3 Å².